The quantitative estimate of drug-likeness (QED) is 0.0841. The van der Waals surface area contributed by atoms with Crippen molar-refractivity contribution in [1.82, 2.24) is 4.90 Å². The highest BCUT2D eigenvalue weighted by atomic mass is 16.6. The molecule has 1 amide bonds. The van der Waals surface area contributed by atoms with Crippen molar-refractivity contribution in [1.29, 1.82) is 0 Å². The zero-order valence-electron chi connectivity index (χ0n) is 19.9. The summed E-state index contributed by atoms with van der Waals surface area (Å²) >= 11 is 0. The molecule has 0 bridgehead atoms. The van der Waals surface area contributed by atoms with E-state index in [1.165, 1.54) is 36.1 Å². The number of carbonyl (C=O) groups is 3. The number of likely N-dealkylation sites (tertiary alicyclic amines) is 1. The molecule has 186 valence electrons. The van der Waals surface area contributed by atoms with Gasteiger partial charge in [0.1, 0.15) is 18.7 Å². The topological polar surface area (TPSA) is 139 Å². The maximum absolute atomic E-state index is 13.1. The normalized spacial score (nSPS) is 16.4. The molecule has 0 spiro atoms. The summed E-state index contributed by atoms with van der Waals surface area (Å²) in [5.74, 6) is -2.54. The molecule has 0 aliphatic carbocycles. The zero-order chi connectivity index (χ0) is 25.5. The Morgan fingerprint density at radius 3 is 2.18 bits per heavy atom. The number of ether oxygens (including phenoxy) is 2. The van der Waals surface area contributed by atoms with E-state index >= 15 is 0 Å². The average Bonchev–Trinajstić information content (AvgIpc) is 2.81. The van der Waals surface area contributed by atoms with Crippen molar-refractivity contribution >= 4 is 23.5 Å². The molecule has 0 saturated carbocycles. The van der Waals surface area contributed by atoms with Gasteiger partial charge in [0.15, 0.2) is 6.17 Å². The van der Waals surface area contributed by atoms with Crippen LogP contribution in [0.3, 0.4) is 0 Å². The number of nitro benzene ring substituents is 1. The minimum absolute atomic E-state index is 0.107. The lowest BCUT2D eigenvalue weighted by atomic mass is 10.0. The maximum Gasteiger partial charge on any atom is 0.354 e. The molecular weight excluding hydrogens is 446 g/mol. The Bertz CT molecular complexity index is 945. The fraction of sp³-hybridized carbons (Fsp3) is 0.522. The van der Waals surface area contributed by atoms with Crippen LogP contribution in [0.1, 0.15) is 46.1 Å². The molecule has 11 nitrogen and oxygen atoms in total. The number of nitrogens with zero attached hydrogens (tertiary/aromatic N) is 3. The Kier molecular flexibility index (Phi) is 9.13. The van der Waals surface area contributed by atoms with E-state index in [-0.39, 0.29) is 49.5 Å². The molecule has 1 aromatic rings. The van der Waals surface area contributed by atoms with Crippen molar-refractivity contribution < 1.29 is 38.4 Å². The minimum Gasteiger partial charge on any atom is -0.874 e. The number of carbonyl (C=O) groups excluding carboxylic acids is 3. The van der Waals surface area contributed by atoms with Gasteiger partial charge in [-0.25, -0.2) is 4.79 Å². The summed E-state index contributed by atoms with van der Waals surface area (Å²) in [7, 11) is 0. The molecule has 0 aromatic heterocycles. The number of non-ortho nitro benzene ring substituents is 1. The Morgan fingerprint density at radius 2 is 1.71 bits per heavy atom. The van der Waals surface area contributed by atoms with Gasteiger partial charge < -0.3 is 19.1 Å². The van der Waals surface area contributed by atoms with Crippen LogP contribution < -0.4 is 5.11 Å². The lowest BCUT2D eigenvalue weighted by Gasteiger charge is -2.53. The van der Waals surface area contributed by atoms with E-state index in [9.17, 15) is 29.6 Å². The summed E-state index contributed by atoms with van der Waals surface area (Å²) in [5, 5.41) is 23.8. The number of β-lactam (4-membered cyclic amide) rings is 1. The molecule has 1 unspecified atom stereocenters. The van der Waals surface area contributed by atoms with Crippen LogP contribution in [0.15, 0.2) is 35.7 Å². The molecule has 1 aliphatic rings. The number of hydrogen-bond acceptors (Lipinski definition) is 8. The molecule has 0 N–H and O–H groups in total. The van der Waals surface area contributed by atoms with Gasteiger partial charge in [0.05, 0.1) is 31.2 Å². The van der Waals surface area contributed by atoms with E-state index in [0.717, 1.165) is 0 Å². The summed E-state index contributed by atoms with van der Waals surface area (Å²) in [5.41, 5.74) is -0.00378. The van der Waals surface area contributed by atoms with E-state index < -0.39 is 22.6 Å². The lowest BCUT2D eigenvalue weighted by Crippen LogP contribution is -2.70. The van der Waals surface area contributed by atoms with Gasteiger partial charge >= 0.3 is 11.9 Å². The number of rotatable bonds is 12. The highest BCUT2D eigenvalue weighted by Gasteiger charge is 2.52. The standard InChI is InChI=1S/C23H31N3O8/c1-5-26(6-2,7-3)20-14-21(29)24(20)22(19(28)12-13-33-16(4)27)23(30)34-15-17-8-10-18(11-9-17)25(31)32/h8-11,20H,5-7,12-15H2,1-4H3. The van der Waals surface area contributed by atoms with Crippen molar-refractivity contribution in [3.63, 3.8) is 0 Å². The first-order chi connectivity index (χ1) is 16.1. The number of benzene rings is 1. The number of nitro groups is 1. The van der Waals surface area contributed by atoms with Crippen LogP contribution in [0.25, 0.3) is 0 Å². The van der Waals surface area contributed by atoms with Crippen LogP contribution >= 0.6 is 0 Å². The van der Waals surface area contributed by atoms with Crippen molar-refractivity contribution in [2.45, 2.75) is 53.3 Å². The monoisotopic (exact) mass is 477 g/mol. The third kappa shape index (κ3) is 5.90. The molecule has 1 saturated heterocycles. The zero-order valence-corrected chi connectivity index (χ0v) is 19.9. The predicted octanol–water partition coefficient (Wildman–Crippen LogP) is 1.60. The number of hydrogen-bond donors (Lipinski definition) is 0. The minimum atomic E-state index is -0.967. The van der Waals surface area contributed by atoms with Crippen LogP contribution in [0.5, 0.6) is 0 Å². The van der Waals surface area contributed by atoms with Gasteiger partial charge in [0.25, 0.3) is 5.69 Å². The Hall–Kier alpha value is -3.47. The van der Waals surface area contributed by atoms with E-state index in [0.29, 0.717) is 29.7 Å². The second-order valence-electron chi connectivity index (χ2n) is 7.98. The average molecular weight is 478 g/mol. The summed E-state index contributed by atoms with van der Waals surface area (Å²) in [6.07, 6.45) is -0.457. The fourth-order valence-corrected chi connectivity index (χ4v) is 4.10. The van der Waals surface area contributed by atoms with Gasteiger partial charge in [0, 0.05) is 19.1 Å². The molecule has 1 atom stereocenters. The van der Waals surface area contributed by atoms with Crippen LogP contribution in [0.4, 0.5) is 5.69 Å². The molecule has 1 heterocycles. The molecule has 11 heteroatoms. The summed E-state index contributed by atoms with van der Waals surface area (Å²) in [4.78, 5) is 48.2. The van der Waals surface area contributed by atoms with Crippen LogP contribution in [-0.4, -0.2) is 64.6 Å². The van der Waals surface area contributed by atoms with E-state index in [4.69, 9.17) is 9.47 Å². The first-order valence-corrected chi connectivity index (χ1v) is 11.2. The molecule has 2 rings (SSSR count). The highest BCUT2D eigenvalue weighted by Crippen LogP contribution is 2.34. The van der Waals surface area contributed by atoms with Gasteiger partial charge in [0.2, 0.25) is 5.91 Å². The first-order valence-electron chi connectivity index (χ1n) is 11.2. The van der Waals surface area contributed by atoms with Crippen molar-refractivity contribution in [2.75, 3.05) is 26.2 Å². The highest BCUT2D eigenvalue weighted by molar-refractivity contribution is 5.97. The molecular formula is C23H31N3O8. The molecule has 34 heavy (non-hydrogen) atoms. The first kappa shape index (κ1) is 26.8. The van der Waals surface area contributed by atoms with E-state index in [1.54, 1.807) is 0 Å². The summed E-state index contributed by atoms with van der Waals surface area (Å²) in [6, 6.07) is 5.45. The smallest absolute Gasteiger partial charge is 0.354 e. The number of amides is 1. The van der Waals surface area contributed by atoms with Gasteiger partial charge in [-0.05, 0) is 44.9 Å². The second-order valence-corrected chi connectivity index (χ2v) is 7.98. The Labute approximate surface area is 198 Å². The molecule has 0 radical (unpaired) electrons. The van der Waals surface area contributed by atoms with Gasteiger partial charge in [-0.15, -0.1) is 0 Å². The van der Waals surface area contributed by atoms with Crippen molar-refractivity contribution in [3.8, 4) is 0 Å². The third-order valence-corrected chi connectivity index (χ3v) is 6.30. The molecule has 1 aromatic carbocycles. The molecule has 1 fully saturated rings. The number of esters is 2. The molecule has 1 aliphatic heterocycles. The number of quaternary nitrogens is 1. The van der Waals surface area contributed by atoms with E-state index in [1.807, 2.05) is 20.8 Å². The SMILES string of the molecule is CC[N+](CC)(CC)C1CC(=O)N1/C(C(=O)OCc1ccc([N+](=O)[O-])cc1)=C(/[O-])CCOC(C)=O. The van der Waals surface area contributed by atoms with Crippen molar-refractivity contribution in [3.05, 3.63) is 51.4 Å². The summed E-state index contributed by atoms with van der Waals surface area (Å²) < 4.78 is 10.7. The second kappa shape index (κ2) is 11.6. The fourth-order valence-electron chi connectivity index (χ4n) is 4.10. The van der Waals surface area contributed by atoms with Gasteiger partial charge in [-0.2, -0.15) is 0 Å². The van der Waals surface area contributed by atoms with Crippen LogP contribution in [-0.2, 0) is 30.5 Å². The predicted molar refractivity (Wildman–Crippen MR) is 118 cm³/mol. The van der Waals surface area contributed by atoms with Gasteiger partial charge in [-0.1, -0.05) is 5.76 Å². The van der Waals surface area contributed by atoms with Crippen LogP contribution in [0.2, 0.25) is 0 Å². The Morgan fingerprint density at radius 1 is 1.12 bits per heavy atom. The third-order valence-electron chi connectivity index (χ3n) is 6.30. The van der Waals surface area contributed by atoms with E-state index in [2.05, 4.69) is 0 Å². The maximum atomic E-state index is 13.1. The van der Waals surface area contributed by atoms with Crippen LogP contribution in [0, 0.1) is 10.1 Å². The van der Waals surface area contributed by atoms with Gasteiger partial charge in [-0.3, -0.25) is 24.6 Å². The largest absolute Gasteiger partial charge is 0.874 e. The summed E-state index contributed by atoms with van der Waals surface area (Å²) in [6.45, 7) is 8.82. The Balaban J connectivity index is 2.31. The van der Waals surface area contributed by atoms with Crippen molar-refractivity contribution in [2.24, 2.45) is 0 Å². The lowest BCUT2D eigenvalue weighted by molar-refractivity contribution is -0.958.